The fourth-order valence-electron chi connectivity index (χ4n) is 4.24. The van der Waals surface area contributed by atoms with E-state index in [1.807, 2.05) is 61.5 Å². The third-order valence-corrected chi connectivity index (χ3v) is 5.91. The van der Waals surface area contributed by atoms with Gasteiger partial charge in [0, 0.05) is 17.2 Å². The second-order valence-electron chi connectivity index (χ2n) is 7.84. The van der Waals surface area contributed by atoms with E-state index in [0.717, 1.165) is 11.1 Å². The predicted octanol–water partition coefficient (Wildman–Crippen LogP) is 4.94. The molecular formula is C26H25FN2O3. The molecule has 0 fully saturated rings. The van der Waals surface area contributed by atoms with Crippen LogP contribution in [0.3, 0.4) is 0 Å². The number of hydrogen-bond acceptors (Lipinski definition) is 4. The van der Waals surface area contributed by atoms with Crippen LogP contribution in [0.2, 0.25) is 0 Å². The number of hydrogen-bond donors (Lipinski definition) is 1. The van der Waals surface area contributed by atoms with Crippen molar-refractivity contribution < 1.29 is 18.7 Å². The highest BCUT2D eigenvalue weighted by molar-refractivity contribution is 5.99. The van der Waals surface area contributed by atoms with Crippen LogP contribution in [0.1, 0.15) is 58.6 Å². The lowest BCUT2D eigenvalue weighted by Crippen LogP contribution is -2.40. The van der Waals surface area contributed by atoms with E-state index in [4.69, 9.17) is 4.74 Å². The van der Waals surface area contributed by atoms with Crippen molar-refractivity contribution in [3.63, 3.8) is 0 Å². The number of amides is 1. The normalized spacial score (nSPS) is 17.0. The highest BCUT2D eigenvalue weighted by atomic mass is 19.1. The Kier molecular flexibility index (Phi) is 6.32. The van der Waals surface area contributed by atoms with E-state index in [9.17, 15) is 14.0 Å². The molecule has 1 heterocycles. The molecule has 3 atom stereocenters. The number of carbonyl (C=O) groups excluding carboxylic acids is 2. The lowest BCUT2D eigenvalue weighted by atomic mass is 10.0. The van der Waals surface area contributed by atoms with Crippen LogP contribution >= 0.6 is 0 Å². The molecule has 32 heavy (non-hydrogen) atoms. The van der Waals surface area contributed by atoms with Crippen LogP contribution in [0.4, 0.5) is 4.39 Å². The Morgan fingerprint density at radius 3 is 2.44 bits per heavy atom. The fraction of sp³-hybridized carbons (Fsp3) is 0.231. The minimum atomic E-state index is -0.549. The Morgan fingerprint density at radius 1 is 1.03 bits per heavy atom. The largest absolute Gasteiger partial charge is 0.469 e. The molecule has 0 saturated heterocycles. The lowest BCUT2D eigenvalue weighted by molar-refractivity contribution is -0.141. The number of benzene rings is 3. The first-order valence-corrected chi connectivity index (χ1v) is 10.5. The Morgan fingerprint density at radius 2 is 1.72 bits per heavy atom. The molecule has 3 unspecified atom stereocenters. The number of fused-ring (bicyclic) bond motifs is 1. The van der Waals surface area contributed by atoms with Gasteiger partial charge in [-0.3, -0.25) is 14.9 Å². The van der Waals surface area contributed by atoms with E-state index in [0.29, 0.717) is 11.1 Å². The topological polar surface area (TPSA) is 58.6 Å². The Balaban J connectivity index is 1.74. The standard InChI is InChI=1S/C26H25FN2O3/c1-17(18-9-4-3-5-10-18)29-25(21-13-6-7-14-22(21)26(29)31)28-23(16-24(30)32-2)19-11-8-12-20(27)15-19/h3-15,17,23,25,28H,16H2,1-2H3. The maximum Gasteiger partial charge on any atom is 0.307 e. The highest BCUT2D eigenvalue weighted by Crippen LogP contribution is 2.40. The predicted molar refractivity (Wildman–Crippen MR) is 119 cm³/mol. The summed E-state index contributed by atoms with van der Waals surface area (Å²) < 4.78 is 18.9. The molecule has 0 aliphatic carbocycles. The van der Waals surface area contributed by atoms with Crippen molar-refractivity contribution in [2.75, 3.05) is 7.11 Å². The molecule has 0 bridgehead atoms. The Bertz CT molecular complexity index is 1120. The average molecular weight is 432 g/mol. The third kappa shape index (κ3) is 4.27. The number of carbonyl (C=O) groups is 2. The van der Waals surface area contributed by atoms with Gasteiger partial charge in [0.2, 0.25) is 0 Å². The van der Waals surface area contributed by atoms with Crippen LogP contribution in [0.5, 0.6) is 0 Å². The van der Waals surface area contributed by atoms with E-state index >= 15 is 0 Å². The number of nitrogens with zero attached hydrogens (tertiary/aromatic N) is 1. The molecular weight excluding hydrogens is 407 g/mol. The summed E-state index contributed by atoms with van der Waals surface area (Å²) in [7, 11) is 1.32. The minimum Gasteiger partial charge on any atom is -0.469 e. The molecule has 1 amide bonds. The van der Waals surface area contributed by atoms with Crippen molar-refractivity contribution in [1.29, 1.82) is 0 Å². The van der Waals surface area contributed by atoms with E-state index < -0.39 is 24.0 Å². The van der Waals surface area contributed by atoms with Gasteiger partial charge in [-0.05, 0) is 36.2 Å². The van der Waals surface area contributed by atoms with E-state index in [2.05, 4.69) is 5.32 Å². The van der Waals surface area contributed by atoms with Gasteiger partial charge < -0.3 is 9.64 Å². The maximum absolute atomic E-state index is 14.0. The fourth-order valence-corrected chi connectivity index (χ4v) is 4.24. The van der Waals surface area contributed by atoms with Crippen LogP contribution < -0.4 is 5.32 Å². The summed E-state index contributed by atoms with van der Waals surface area (Å²) in [6, 6.07) is 22.6. The van der Waals surface area contributed by atoms with Crippen molar-refractivity contribution in [2.45, 2.75) is 31.6 Å². The first-order valence-electron chi connectivity index (χ1n) is 10.5. The van der Waals surface area contributed by atoms with Crippen molar-refractivity contribution in [2.24, 2.45) is 0 Å². The van der Waals surface area contributed by atoms with Crippen LogP contribution in [0, 0.1) is 5.82 Å². The van der Waals surface area contributed by atoms with Crippen molar-refractivity contribution >= 4 is 11.9 Å². The molecule has 1 aliphatic heterocycles. The molecule has 0 saturated carbocycles. The number of ether oxygens (including phenoxy) is 1. The summed E-state index contributed by atoms with van der Waals surface area (Å²) in [5, 5.41) is 3.45. The molecule has 4 rings (SSSR count). The maximum atomic E-state index is 14.0. The SMILES string of the molecule is COC(=O)CC(NC1c2ccccc2C(=O)N1C(C)c1ccccc1)c1cccc(F)c1. The molecule has 164 valence electrons. The number of halogens is 1. The molecule has 3 aromatic carbocycles. The molecule has 1 aliphatic rings. The van der Waals surface area contributed by atoms with Crippen LogP contribution in [0.25, 0.3) is 0 Å². The van der Waals surface area contributed by atoms with Crippen LogP contribution in [0.15, 0.2) is 78.9 Å². The summed E-state index contributed by atoms with van der Waals surface area (Å²) in [6.07, 6.45) is -0.493. The molecule has 6 heteroatoms. The molecule has 0 aromatic heterocycles. The smallest absolute Gasteiger partial charge is 0.307 e. The molecule has 3 aromatic rings. The van der Waals surface area contributed by atoms with Gasteiger partial charge in [-0.15, -0.1) is 0 Å². The summed E-state index contributed by atoms with van der Waals surface area (Å²) in [6.45, 7) is 1.98. The zero-order valence-corrected chi connectivity index (χ0v) is 18.0. The quantitative estimate of drug-likeness (QED) is 0.538. The number of methoxy groups -OCH3 is 1. The van der Waals surface area contributed by atoms with Crippen molar-refractivity contribution in [3.05, 3.63) is 107 Å². The first kappa shape index (κ1) is 21.7. The summed E-state index contributed by atoms with van der Waals surface area (Å²) in [5.41, 5.74) is 3.05. The van der Waals surface area contributed by atoms with Crippen LogP contribution in [-0.4, -0.2) is 23.9 Å². The average Bonchev–Trinajstić information content (AvgIpc) is 3.10. The Hall–Kier alpha value is -3.51. The molecule has 0 radical (unpaired) electrons. The van der Waals surface area contributed by atoms with E-state index in [1.165, 1.54) is 19.2 Å². The monoisotopic (exact) mass is 432 g/mol. The second-order valence-corrected chi connectivity index (χ2v) is 7.84. The van der Waals surface area contributed by atoms with Gasteiger partial charge in [0.15, 0.2) is 0 Å². The highest BCUT2D eigenvalue weighted by Gasteiger charge is 2.40. The van der Waals surface area contributed by atoms with Crippen molar-refractivity contribution in [3.8, 4) is 0 Å². The third-order valence-electron chi connectivity index (χ3n) is 5.91. The van der Waals surface area contributed by atoms with Gasteiger partial charge in [0.05, 0.1) is 19.6 Å². The number of rotatable bonds is 7. The van der Waals surface area contributed by atoms with Gasteiger partial charge >= 0.3 is 5.97 Å². The zero-order valence-electron chi connectivity index (χ0n) is 18.0. The van der Waals surface area contributed by atoms with Gasteiger partial charge in [0.25, 0.3) is 5.91 Å². The summed E-state index contributed by atoms with van der Waals surface area (Å²) >= 11 is 0. The molecule has 0 spiro atoms. The van der Waals surface area contributed by atoms with Gasteiger partial charge in [-0.1, -0.05) is 60.7 Å². The van der Waals surface area contributed by atoms with Crippen molar-refractivity contribution in [1.82, 2.24) is 10.2 Å². The van der Waals surface area contributed by atoms with E-state index in [-0.39, 0.29) is 18.4 Å². The van der Waals surface area contributed by atoms with Crippen LogP contribution in [-0.2, 0) is 9.53 Å². The second kappa shape index (κ2) is 9.32. The Labute approximate surface area is 186 Å². The minimum absolute atomic E-state index is 0.000366. The van der Waals surface area contributed by atoms with Gasteiger partial charge in [0.1, 0.15) is 12.0 Å². The van der Waals surface area contributed by atoms with E-state index in [1.54, 1.807) is 17.0 Å². The van der Waals surface area contributed by atoms with Gasteiger partial charge in [-0.25, -0.2) is 4.39 Å². The summed E-state index contributed by atoms with van der Waals surface area (Å²) in [4.78, 5) is 27.4. The zero-order chi connectivity index (χ0) is 22.7. The summed E-state index contributed by atoms with van der Waals surface area (Å²) in [5.74, 6) is -0.908. The van der Waals surface area contributed by atoms with Gasteiger partial charge in [-0.2, -0.15) is 0 Å². The number of nitrogens with one attached hydrogen (secondary N) is 1. The molecule has 5 nitrogen and oxygen atoms in total. The molecule has 1 N–H and O–H groups in total. The number of esters is 1. The lowest BCUT2D eigenvalue weighted by Gasteiger charge is -2.34. The first-order chi connectivity index (χ1) is 15.5.